The zero-order chi connectivity index (χ0) is 22.3. The Hall–Kier alpha value is -3.37. The lowest BCUT2D eigenvalue weighted by Crippen LogP contribution is -2.39. The van der Waals surface area contributed by atoms with Crippen molar-refractivity contribution in [3.8, 4) is 11.8 Å². The number of carbonyl (C=O) groups is 2. The highest BCUT2D eigenvalue weighted by molar-refractivity contribution is 5.97. The second kappa shape index (κ2) is 10.3. The standard InChI is InChI=1S/C25H28N4O3/c26-18-20-6-8-21(9-7-20)19-27-12-3-13-28(15-14-27)24(30)10-11-25(31)29-16-17-32-23-5-2-1-4-22(23)29/h1-2,4-9H,3,10-17,19H2. The zero-order valence-corrected chi connectivity index (χ0v) is 18.2. The van der Waals surface area contributed by atoms with Gasteiger partial charge in [0.25, 0.3) is 0 Å². The van der Waals surface area contributed by atoms with Crippen LogP contribution in [0.2, 0.25) is 0 Å². The van der Waals surface area contributed by atoms with Crippen LogP contribution < -0.4 is 9.64 Å². The first-order chi connectivity index (χ1) is 15.6. The van der Waals surface area contributed by atoms with Crippen LogP contribution in [0.5, 0.6) is 5.75 Å². The Morgan fingerprint density at radius 3 is 2.50 bits per heavy atom. The topological polar surface area (TPSA) is 76.9 Å². The van der Waals surface area contributed by atoms with Crippen molar-refractivity contribution in [2.75, 3.05) is 44.2 Å². The van der Waals surface area contributed by atoms with Crippen LogP contribution in [0.1, 0.15) is 30.4 Å². The predicted octanol–water partition coefficient (Wildman–Crippen LogP) is 2.80. The summed E-state index contributed by atoms with van der Waals surface area (Å²) >= 11 is 0. The fraction of sp³-hybridized carbons (Fsp3) is 0.400. The van der Waals surface area contributed by atoms with Crippen molar-refractivity contribution in [3.05, 3.63) is 59.7 Å². The molecule has 2 aromatic rings. The molecule has 166 valence electrons. The SMILES string of the molecule is N#Cc1ccc(CN2CCCN(C(=O)CCC(=O)N3CCOc4ccccc43)CC2)cc1. The predicted molar refractivity (Wildman–Crippen MR) is 121 cm³/mol. The minimum atomic E-state index is -0.0358. The van der Waals surface area contributed by atoms with Crippen LogP contribution in [-0.4, -0.2) is 60.9 Å². The van der Waals surface area contributed by atoms with Crippen LogP contribution in [0.25, 0.3) is 0 Å². The number of rotatable bonds is 5. The zero-order valence-electron chi connectivity index (χ0n) is 18.2. The molecule has 0 unspecified atom stereocenters. The second-order valence-corrected chi connectivity index (χ2v) is 8.18. The summed E-state index contributed by atoms with van der Waals surface area (Å²) in [6.45, 7) is 4.91. The van der Waals surface area contributed by atoms with Crippen LogP contribution in [0.15, 0.2) is 48.5 Å². The summed E-state index contributed by atoms with van der Waals surface area (Å²) in [4.78, 5) is 31.5. The van der Waals surface area contributed by atoms with Crippen LogP contribution in [0, 0.1) is 11.3 Å². The normalized spacial score (nSPS) is 16.5. The lowest BCUT2D eigenvalue weighted by molar-refractivity contribution is -0.133. The molecular formula is C25H28N4O3. The third-order valence-corrected chi connectivity index (χ3v) is 6.01. The Labute approximate surface area is 188 Å². The summed E-state index contributed by atoms with van der Waals surface area (Å²) in [6, 6.07) is 17.3. The van der Waals surface area contributed by atoms with E-state index in [1.165, 1.54) is 5.56 Å². The van der Waals surface area contributed by atoms with Crippen molar-refractivity contribution >= 4 is 17.5 Å². The lowest BCUT2D eigenvalue weighted by atomic mass is 10.1. The number of amides is 2. The van der Waals surface area contributed by atoms with E-state index in [1.54, 1.807) is 4.90 Å². The molecule has 0 aromatic heterocycles. The number of anilines is 1. The number of benzene rings is 2. The van der Waals surface area contributed by atoms with E-state index >= 15 is 0 Å². The fourth-order valence-electron chi connectivity index (χ4n) is 4.26. The van der Waals surface area contributed by atoms with Crippen LogP contribution >= 0.6 is 0 Å². The van der Waals surface area contributed by atoms with E-state index in [4.69, 9.17) is 10.00 Å². The highest BCUT2D eigenvalue weighted by Crippen LogP contribution is 2.31. The monoisotopic (exact) mass is 432 g/mol. The molecule has 2 aromatic carbocycles. The first kappa shape index (κ1) is 21.8. The minimum absolute atomic E-state index is 0.0358. The van der Waals surface area contributed by atoms with Gasteiger partial charge < -0.3 is 14.5 Å². The Morgan fingerprint density at radius 1 is 0.906 bits per heavy atom. The molecule has 32 heavy (non-hydrogen) atoms. The largest absolute Gasteiger partial charge is 0.490 e. The molecule has 0 spiro atoms. The van der Waals surface area contributed by atoms with Gasteiger partial charge in [0.2, 0.25) is 11.8 Å². The molecule has 2 amide bonds. The summed E-state index contributed by atoms with van der Waals surface area (Å²) in [5, 5.41) is 8.94. The molecule has 0 radical (unpaired) electrons. The number of hydrogen-bond acceptors (Lipinski definition) is 5. The van der Waals surface area contributed by atoms with Crippen LogP contribution in [0.3, 0.4) is 0 Å². The lowest BCUT2D eigenvalue weighted by Gasteiger charge is -2.29. The number of ether oxygens (including phenoxy) is 1. The molecule has 1 saturated heterocycles. The van der Waals surface area contributed by atoms with Gasteiger partial charge in [-0.05, 0) is 36.2 Å². The van der Waals surface area contributed by atoms with E-state index < -0.39 is 0 Å². The van der Waals surface area contributed by atoms with Gasteiger partial charge in [-0.1, -0.05) is 24.3 Å². The van der Waals surface area contributed by atoms with Gasteiger partial charge in [0.05, 0.1) is 23.9 Å². The maximum Gasteiger partial charge on any atom is 0.227 e. The molecule has 1 fully saturated rings. The molecule has 2 aliphatic heterocycles. The van der Waals surface area contributed by atoms with Crippen molar-refractivity contribution in [2.45, 2.75) is 25.8 Å². The average Bonchev–Trinajstić information content (AvgIpc) is 3.08. The third kappa shape index (κ3) is 5.27. The van der Waals surface area contributed by atoms with Gasteiger partial charge in [-0.15, -0.1) is 0 Å². The summed E-state index contributed by atoms with van der Waals surface area (Å²) in [5.41, 5.74) is 2.61. The summed E-state index contributed by atoms with van der Waals surface area (Å²) in [6.07, 6.45) is 1.35. The highest BCUT2D eigenvalue weighted by atomic mass is 16.5. The number of hydrogen-bond donors (Lipinski definition) is 0. The van der Waals surface area contributed by atoms with Gasteiger partial charge in [0.15, 0.2) is 0 Å². The van der Waals surface area contributed by atoms with Crippen molar-refractivity contribution < 1.29 is 14.3 Å². The number of carbonyl (C=O) groups excluding carboxylic acids is 2. The number of nitriles is 1. The van der Waals surface area contributed by atoms with Crippen molar-refractivity contribution in [1.29, 1.82) is 5.26 Å². The molecule has 7 heteroatoms. The molecule has 4 rings (SSSR count). The summed E-state index contributed by atoms with van der Waals surface area (Å²) < 4.78 is 5.61. The Bertz CT molecular complexity index is 999. The quantitative estimate of drug-likeness (QED) is 0.726. The maximum absolute atomic E-state index is 12.8. The Balaban J connectivity index is 1.26. The minimum Gasteiger partial charge on any atom is -0.490 e. The van der Waals surface area contributed by atoms with Crippen LogP contribution in [-0.2, 0) is 16.1 Å². The van der Waals surface area contributed by atoms with Gasteiger partial charge >= 0.3 is 0 Å². The number of para-hydroxylation sites is 2. The molecule has 0 bridgehead atoms. The van der Waals surface area contributed by atoms with Crippen molar-refractivity contribution in [3.63, 3.8) is 0 Å². The number of nitrogens with zero attached hydrogens (tertiary/aromatic N) is 4. The smallest absolute Gasteiger partial charge is 0.227 e. The second-order valence-electron chi connectivity index (χ2n) is 8.18. The summed E-state index contributed by atoms with van der Waals surface area (Å²) in [7, 11) is 0. The van der Waals surface area contributed by atoms with E-state index in [1.807, 2.05) is 53.4 Å². The Kier molecular flexibility index (Phi) is 7.03. The van der Waals surface area contributed by atoms with Gasteiger partial charge in [-0.25, -0.2) is 0 Å². The van der Waals surface area contributed by atoms with Gasteiger partial charge in [-0.2, -0.15) is 5.26 Å². The van der Waals surface area contributed by atoms with Crippen molar-refractivity contribution in [1.82, 2.24) is 9.80 Å². The molecule has 2 aliphatic rings. The average molecular weight is 433 g/mol. The van der Waals surface area contributed by atoms with Crippen LogP contribution in [0.4, 0.5) is 5.69 Å². The molecule has 2 heterocycles. The van der Waals surface area contributed by atoms with E-state index in [0.717, 1.165) is 38.3 Å². The maximum atomic E-state index is 12.8. The van der Waals surface area contributed by atoms with E-state index in [2.05, 4.69) is 11.0 Å². The van der Waals surface area contributed by atoms with E-state index in [9.17, 15) is 9.59 Å². The first-order valence-corrected chi connectivity index (χ1v) is 11.2. The fourth-order valence-corrected chi connectivity index (χ4v) is 4.26. The van der Waals surface area contributed by atoms with Gasteiger partial charge in [0, 0.05) is 45.6 Å². The highest BCUT2D eigenvalue weighted by Gasteiger charge is 2.25. The Morgan fingerprint density at radius 2 is 1.69 bits per heavy atom. The molecule has 7 nitrogen and oxygen atoms in total. The van der Waals surface area contributed by atoms with Gasteiger partial charge in [-0.3, -0.25) is 14.5 Å². The summed E-state index contributed by atoms with van der Waals surface area (Å²) in [5.74, 6) is 0.722. The van der Waals surface area contributed by atoms with Crippen molar-refractivity contribution in [2.24, 2.45) is 0 Å². The number of fused-ring (bicyclic) bond motifs is 1. The van der Waals surface area contributed by atoms with E-state index in [0.29, 0.717) is 31.0 Å². The first-order valence-electron chi connectivity index (χ1n) is 11.2. The molecular weight excluding hydrogens is 404 g/mol. The van der Waals surface area contributed by atoms with Gasteiger partial charge in [0.1, 0.15) is 12.4 Å². The molecule has 0 saturated carbocycles. The molecule has 0 atom stereocenters. The van der Waals surface area contributed by atoms with E-state index in [-0.39, 0.29) is 24.7 Å². The molecule has 0 aliphatic carbocycles. The third-order valence-electron chi connectivity index (χ3n) is 6.01. The molecule has 0 N–H and O–H groups in total.